The largest absolute Gasteiger partial charge is 0.493 e. The number of halogens is 5. The molecule has 3 atom stereocenters. The maximum Gasteiger partial charge on any atom is 0.408 e. The van der Waals surface area contributed by atoms with Crippen molar-refractivity contribution in [3.8, 4) is 5.75 Å². The second kappa shape index (κ2) is 15.0. The van der Waals surface area contributed by atoms with Crippen molar-refractivity contribution in [2.75, 3.05) is 26.2 Å². The van der Waals surface area contributed by atoms with Crippen molar-refractivity contribution in [1.82, 2.24) is 19.7 Å². The van der Waals surface area contributed by atoms with Crippen LogP contribution < -0.4 is 4.74 Å². The summed E-state index contributed by atoms with van der Waals surface area (Å²) in [7, 11) is 0. The molecule has 2 aromatic carbocycles. The van der Waals surface area contributed by atoms with Gasteiger partial charge in [0.2, 0.25) is 5.91 Å². The van der Waals surface area contributed by atoms with Gasteiger partial charge in [-0.15, -0.1) is 0 Å². The van der Waals surface area contributed by atoms with Gasteiger partial charge in [0.15, 0.2) is 0 Å². The van der Waals surface area contributed by atoms with Gasteiger partial charge in [0.1, 0.15) is 28.7 Å². The van der Waals surface area contributed by atoms with Gasteiger partial charge in [0.05, 0.1) is 12.2 Å². The molecule has 2 fully saturated rings. The minimum absolute atomic E-state index is 0.0195. The number of piperidine rings is 1. The zero-order valence-corrected chi connectivity index (χ0v) is 33.2. The average molecular weight is 787 g/mol. The molecular weight excluding hydrogens is 738 g/mol. The molecule has 3 aliphatic heterocycles. The summed E-state index contributed by atoms with van der Waals surface area (Å²) >= 11 is 12.8. The Kier molecular flexibility index (Phi) is 11.1. The smallest absolute Gasteiger partial charge is 0.408 e. The summed E-state index contributed by atoms with van der Waals surface area (Å²) in [4.78, 5) is 43.2. The van der Waals surface area contributed by atoms with E-state index in [1.165, 1.54) is 0 Å². The zero-order chi connectivity index (χ0) is 39.2. The molecule has 290 valence electrons. The second-order valence-corrected chi connectivity index (χ2v) is 16.8. The van der Waals surface area contributed by atoms with E-state index in [2.05, 4.69) is 20.8 Å². The maximum absolute atomic E-state index is 15.3. The second-order valence-electron chi connectivity index (χ2n) is 15.9. The Labute approximate surface area is 325 Å². The quantitative estimate of drug-likeness (QED) is 0.239. The third-order valence-electron chi connectivity index (χ3n) is 11.4. The van der Waals surface area contributed by atoms with Crippen molar-refractivity contribution >= 4 is 41.0 Å². The lowest BCUT2D eigenvalue weighted by atomic mass is 9.71. The minimum atomic E-state index is -4.45. The molecule has 13 heteroatoms. The van der Waals surface area contributed by atoms with E-state index in [-0.39, 0.29) is 36.8 Å². The fourth-order valence-corrected chi connectivity index (χ4v) is 8.35. The molecule has 4 heterocycles. The first-order valence-electron chi connectivity index (χ1n) is 18.6. The van der Waals surface area contributed by atoms with Gasteiger partial charge in [-0.1, -0.05) is 68.2 Å². The predicted octanol–water partition coefficient (Wildman–Crippen LogP) is 9.75. The lowest BCUT2D eigenvalue weighted by Crippen LogP contribution is -2.59. The summed E-state index contributed by atoms with van der Waals surface area (Å²) in [6, 6.07) is 14.7. The molecule has 3 amide bonds. The first-order valence-corrected chi connectivity index (χ1v) is 19.3. The summed E-state index contributed by atoms with van der Waals surface area (Å²) in [5.74, 6) is 0.306. The van der Waals surface area contributed by atoms with Gasteiger partial charge in [0, 0.05) is 59.5 Å². The molecule has 1 unspecified atom stereocenters. The molecule has 0 aliphatic carbocycles. The minimum Gasteiger partial charge on any atom is -0.493 e. The van der Waals surface area contributed by atoms with Crippen LogP contribution in [0.3, 0.4) is 0 Å². The normalized spacial score (nSPS) is 23.9. The number of aliphatic imine (C=N–C) groups is 1. The summed E-state index contributed by atoms with van der Waals surface area (Å²) in [6.07, 6.45) is -1.48. The van der Waals surface area contributed by atoms with E-state index in [0.29, 0.717) is 66.2 Å². The van der Waals surface area contributed by atoms with Gasteiger partial charge in [-0.05, 0) is 87.8 Å². The maximum atomic E-state index is 15.3. The molecule has 6 rings (SSSR count). The first kappa shape index (κ1) is 39.9. The summed E-state index contributed by atoms with van der Waals surface area (Å²) in [5.41, 5.74) is 0.531. The highest BCUT2D eigenvalue weighted by molar-refractivity contribution is 6.30. The number of urea groups is 1. The van der Waals surface area contributed by atoms with Crippen LogP contribution in [-0.4, -0.2) is 75.9 Å². The Morgan fingerprint density at radius 1 is 0.907 bits per heavy atom. The molecule has 3 aliphatic rings. The number of benzene rings is 2. The van der Waals surface area contributed by atoms with Crippen LogP contribution in [-0.2, 0) is 21.3 Å². The zero-order valence-electron chi connectivity index (χ0n) is 31.6. The van der Waals surface area contributed by atoms with Gasteiger partial charge in [-0.25, -0.2) is 4.79 Å². The van der Waals surface area contributed by atoms with Crippen LogP contribution in [0.25, 0.3) is 0 Å². The number of alkyl halides is 3. The third-order valence-corrected chi connectivity index (χ3v) is 11.9. The monoisotopic (exact) mass is 785 g/mol. The number of likely N-dealkylation sites (tertiary alicyclic amines) is 2. The molecule has 54 heavy (non-hydrogen) atoms. The van der Waals surface area contributed by atoms with E-state index in [1.807, 2.05) is 51.1 Å². The van der Waals surface area contributed by atoms with E-state index in [1.54, 1.807) is 40.3 Å². The number of aromatic nitrogens is 1. The van der Waals surface area contributed by atoms with Gasteiger partial charge >= 0.3 is 12.2 Å². The van der Waals surface area contributed by atoms with Crippen molar-refractivity contribution in [3.63, 3.8) is 0 Å². The van der Waals surface area contributed by atoms with E-state index in [0.717, 1.165) is 21.7 Å². The lowest BCUT2D eigenvalue weighted by Gasteiger charge is -2.47. The van der Waals surface area contributed by atoms with Crippen molar-refractivity contribution in [1.29, 1.82) is 0 Å². The van der Waals surface area contributed by atoms with Crippen LogP contribution in [0.2, 0.25) is 10.0 Å². The van der Waals surface area contributed by atoms with Crippen molar-refractivity contribution in [3.05, 3.63) is 93.2 Å². The topological polar surface area (TPSA) is 78.3 Å². The third kappa shape index (κ3) is 7.42. The molecule has 0 bridgehead atoms. The Morgan fingerprint density at radius 3 is 2.06 bits per heavy atom. The molecule has 3 aromatic rings. The number of amidine groups is 1. The number of ether oxygens (including phenoxy) is 1. The van der Waals surface area contributed by atoms with Crippen LogP contribution in [0, 0.1) is 5.92 Å². The number of hydrogen-bond donors (Lipinski definition) is 0. The Hall–Kier alpha value is -3.83. The number of rotatable bonds is 7. The number of hydrogen-bond acceptors (Lipinski definition) is 5. The van der Waals surface area contributed by atoms with Gasteiger partial charge in [-0.3, -0.25) is 19.7 Å². The number of amides is 3. The fraction of sp³-hybridized carbons (Fsp3) is 0.512. The Bertz CT molecular complexity index is 1890. The number of nitrogens with zero attached hydrogens (tertiary/aromatic N) is 5. The van der Waals surface area contributed by atoms with Crippen molar-refractivity contribution in [2.24, 2.45) is 10.9 Å². The van der Waals surface area contributed by atoms with E-state index >= 15 is 4.79 Å². The molecule has 0 saturated carbocycles. The van der Waals surface area contributed by atoms with Crippen LogP contribution in [0.4, 0.5) is 18.0 Å². The van der Waals surface area contributed by atoms with Crippen molar-refractivity contribution in [2.45, 2.75) is 102 Å². The van der Waals surface area contributed by atoms with Crippen LogP contribution in [0.1, 0.15) is 96.0 Å². The molecule has 0 spiro atoms. The van der Waals surface area contributed by atoms with Gasteiger partial charge in [-0.2, -0.15) is 13.2 Å². The summed E-state index contributed by atoms with van der Waals surface area (Å²) in [6.45, 7) is 13.2. The molecule has 2 saturated heterocycles. The van der Waals surface area contributed by atoms with E-state index < -0.39 is 29.2 Å². The number of carbonyl (C=O) groups is 2. The summed E-state index contributed by atoms with van der Waals surface area (Å²) < 4.78 is 47.2. The highest BCUT2D eigenvalue weighted by Crippen LogP contribution is 2.54. The Morgan fingerprint density at radius 2 is 1.50 bits per heavy atom. The molecule has 8 nitrogen and oxygen atoms in total. The summed E-state index contributed by atoms with van der Waals surface area (Å²) in [5, 5.41) is 1.10. The molecule has 0 N–H and O–H groups in total. The van der Waals surface area contributed by atoms with Crippen LogP contribution >= 0.6 is 23.2 Å². The first-order chi connectivity index (χ1) is 25.4. The van der Waals surface area contributed by atoms with E-state index in [9.17, 15) is 18.0 Å². The van der Waals surface area contributed by atoms with Crippen LogP contribution in [0.15, 0.2) is 65.8 Å². The van der Waals surface area contributed by atoms with Crippen LogP contribution in [0.5, 0.6) is 5.75 Å². The number of pyridine rings is 1. The standard InChI is InChI=1S/C41H48Cl2F3N5O3/c1-7-54-32-24-33(38(2,3)4)47-25-31(32)36-48-39(5,27-10-14-29(42)15-11-27)40(6,28-12-16-30(43)17-13-28)51(36)37(53)49-21-18-26(19-22-49)23-35(52)50-20-8-9-34(50)41(44,45)46/h10-17,24-26,34H,7-9,18-23H2,1-6H3/t34?,39-,40+/m0/s1. The Balaban J connectivity index is 1.40. The molecular formula is C41H48Cl2F3N5O3. The molecule has 1 aromatic heterocycles. The highest BCUT2D eigenvalue weighted by Gasteiger charge is 2.60. The van der Waals surface area contributed by atoms with Gasteiger partial charge in [0.25, 0.3) is 0 Å². The van der Waals surface area contributed by atoms with Crippen molar-refractivity contribution < 1.29 is 27.5 Å². The predicted molar refractivity (Wildman–Crippen MR) is 205 cm³/mol. The highest BCUT2D eigenvalue weighted by atomic mass is 35.5. The molecule has 0 radical (unpaired) electrons. The van der Waals surface area contributed by atoms with Gasteiger partial charge < -0.3 is 14.5 Å². The fourth-order valence-electron chi connectivity index (χ4n) is 8.10. The lowest BCUT2D eigenvalue weighted by molar-refractivity contribution is -0.183. The SMILES string of the molecule is CCOc1cc(C(C)(C)C)ncc1C1=N[C@@](C)(c2ccc(Cl)cc2)[C@@](C)(c2ccc(Cl)cc2)N1C(=O)N1CCC(CC(=O)N2CCCC2C(F)(F)F)CC1. The average Bonchev–Trinajstić information content (AvgIpc) is 3.72. The van der Waals surface area contributed by atoms with E-state index in [4.69, 9.17) is 37.9 Å². The number of carbonyl (C=O) groups excluding carboxylic acids is 2.